The second-order valence-corrected chi connectivity index (χ2v) is 9.21. The molecule has 3 heterocycles. The number of hydrogen-bond acceptors (Lipinski definition) is 5. The fraction of sp³-hybridized carbons (Fsp3) is 0.429. The van der Waals surface area contributed by atoms with Crippen LogP contribution in [-0.2, 0) is 0 Å². The Morgan fingerprint density at radius 1 is 1.07 bits per heavy atom. The average molecular weight is 399 g/mol. The molecule has 3 unspecified atom stereocenters. The number of benzene rings is 1. The van der Waals surface area contributed by atoms with E-state index >= 15 is 0 Å². The molecule has 2 aliphatic rings. The van der Waals surface area contributed by atoms with Crippen LogP contribution >= 0.6 is 22.9 Å². The van der Waals surface area contributed by atoms with Crippen molar-refractivity contribution in [3.8, 4) is 10.4 Å². The molecular formula is C21H23ClN4S. The van der Waals surface area contributed by atoms with Crippen LogP contribution in [0.2, 0.25) is 5.02 Å². The summed E-state index contributed by atoms with van der Waals surface area (Å²) in [5.41, 5.74) is 2.18. The lowest BCUT2D eigenvalue weighted by atomic mass is 9.73. The smallest absolute Gasteiger partial charge is 0.147 e. The van der Waals surface area contributed by atoms with Gasteiger partial charge < -0.3 is 10.6 Å². The summed E-state index contributed by atoms with van der Waals surface area (Å²) in [5.74, 6) is 2.70. The summed E-state index contributed by atoms with van der Waals surface area (Å²) in [6.07, 6.45) is 6.78. The van der Waals surface area contributed by atoms with E-state index < -0.39 is 0 Å². The van der Waals surface area contributed by atoms with Gasteiger partial charge in [-0.25, -0.2) is 9.97 Å². The predicted octanol–water partition coefficient (Wildman–Crippen LogP) is 5.20. The third-order valence-electron chi connectivity index (χ3n) is 6.02. The van der Waals surface area contributed by atoms with Gasteiger partial charge in [0, 0.05) is 15.9 Å². The minimum Gasteiger partial charge on any atom is -0.366 e. The van der Waals surface area contributed by atoms with Gasteiger partial charge in [0.05, 0.1) is 10.2 Å². The van der Waals surface area contributed by atoms with Crippen molar-refractivity contribution in [1.29, 1.82) is 0 Å². The zero-order valence-electron chi connectivity index (χ0n) is 15.1. The highest BCUT2D eigenvalue weighted by Gasteiger charge is 2.32. The molecule has 2 aromatic heterocycles. The molecule has 6 heteroatoms. The topological polar surface area (TPSA) is 49.8 Å². The van der Waals surface area contributed by atoms with E-state index in [1.165, 1.54) is 49.2 Å². The molecule has 5 rings (SSSR count). The number of nitrogens with zero attached hydrogens (tertiary/aromatic N) is 2. The van der Waals surface area contributed by atoms with Gasteiger partial charge in [-0.05, 0) is 74.4 Å². The lowest BCUT2D eigenvalue weighted by molar-refractivity contribution is 0.176. The van der Waals surface area contributed by atoms with Crippen molar-refractivity contribution in [3.05, 3.63) is 41.7 Å². The first-order valence-electron chi connectivity index (χ1n) is 9.74. The Morgan fingerprint density at radius 2 is 1.96 bits per heavy atom. The van der Waals surface area contributed by atoms with Crippen molar-refractivity contribution >= 4 is 39.0 Å². The summed E-state index contributed by atoms with van der Waals surface area (Å²) in [4.78, 5) is 10.3. The van der Waals surface area contributed by atoms with E-state index in [4.69, 9.17) is 11.6 Å². The Balaban J connectivity index is 1.39. The number of hydrogen-bond donors (Lipinski definition) is 2. The predicted molar refractivity (Wildman–Crippen MR) is 114 cm³/mol. The molecule has 0 radical (unpaired) electrons. The van der Waals surface area contributed by atoms with Gasteiger partial charge in [0.15, 0.2) is 0 Å². The third-order valence-corrected chi connectivity index (χ3v) is 7.45. The van der Waals surface area contributed by atoms with Gasteiger partial charge in [-0.3, -0.25) is 0 Å². The first-order chi connectivity index (χ1) is 13.3. The van der Waals surface area contributed by atoms with Crippen LogP contribution in [0.5, 0.6) is 0 Å². The second kappa shape index (κ2) is 7.38. The molecule has 140 valence electrons. The van der Waals surface area contributed by atoms with Crippen molar-refractivity contribution in [2.24, 2.45) is 11.8 Å². The number of thiophene rings is 1. The largest absolute Gasteiger partial charge is 0.366 e. The van der Waals surface area contributed by atoms with Gasteiger partial charge in [0.25, 0.3) is 0 Å². The number of piperidine rings is 1. The SMILES string of the molecule is Clc1ccc(-c2cc3ncnc(NC4CCC5CNCCC5C4)c3s2)cc1. The van der Waals surface area contributed by atoms with Gasteiger partial charge >= 0.3 is 0 Å². The summed E-state index contributed by atoms with van der Waals surface area (Å²) in [5, 5.41) is 8.06. The molecule has 2 fully saturated rings. The van der Waals surface area contributed by atoms with E-state index in [9.17, 15) is 0 Å². The molecule has 0 spiro atoms. The summed E-state index contributed by atoms with van der Waals surface area (Å²) in [6.45, 7) is 2.37. The second-order valence-electron chi connectivity index (χ2n) is 7.72. The summed E-state index contributed by atoms with van der Waals surface area (Å²) < 4.78 is 1.15. The van der Waals surface area contributed by atoms with Gasteiger partial charge in [0.1, 0.15) is 12.1 Å². The Labute approximate surface area is 168 Å². The average Bonchev–Trinajstić information content (AvgIpc) is 3.14. The summed E-state index contributed by atoms with van der Waals surface area (Å²) in [6, 6.07) is 10.7. The van der Waals surface area contributed by atoms with E-state index in [0.717, 1.165) is 32.9 Å². The molecule has 3 aromatic rings. The fourth-order valence-corrected chi connectivity index (χ4v) is 5.76. The molecule has 3 atom stereocenters. The van der Waals surface area contributed by atoms with Crippen molar-refractivity contribution < 1.29 is 0 Å². The number of fused-ring (bicyclic) bond motifs is 2. The fourth-order valence-electron chi connectivity index (χ4n) is 4.56. The minimum atomic E-state index is 0.517. The molecule has 1 saturated heterocycles. The molecule has 4 nitrogen and oxygen atoms in total. The van der Waals surface area contributed by atoms with Crippen LogP contribution in [0.4, 0.5) is 5.82 Å². The Hall–Kier alpha value is -1.69. The molecule has 1 aromatic carbocycles. The zero-order valence-corrected chi connectivity index (χ0v) is 16.7. The van der Waals surface area contributed by atoms with Crippen LogP contribution in [0.1, 0.15) is 25.7 Å². The van der Waals surface area contributed by atoms with Gasteiger partial charge in [0.2, 0.25) is 0 Å². The highest BCUT2D eigenvalue weighted by atomic mass is 35.5. The quantitative estimate of drug-likeness (QED) is 0.636. The van der Waals surface area contributed by atoms with Crippen molar-refractivity contribution in [2.45, 2.75) is 31.7 Å². The van der Waals surface area contributed by atoms with E-state index in [0.29, 0.717) is 6.04 Å². The van der Waals surface area contributed by atoms with Gasteiger partial charge in [-0.2, -0.15) is 0 Å². The Kier molecular flexibility index (Phi) is 4.76. The van der Waals surface area contributed by atoms with Crippen LogP contribution in [0.25, 0.3) is 20.7 Å². The number of halogens is 1. The first-order valence-corrected chi connectivity index (χ1v) is 10.9. The molecule has 0 bridgehead atoms. The lowest BCUT2D eigenvalue weighted by Crippen LogP contribution is -2.42. The maximum atomic E-state index is 6.03. The lowest BCUT2D eigenvalue weighted by Gasteiger charge is -2.40. The van der Waals surface area contributed by atoms with Crippen LogP contribution in [-0.4, -0.2) is 29.1 Å². The highest BCUT2D eigenvalue weighted by molar-refractivity contribution is 7.22. The maximum absolute atomic E-state index is 6.03. The third kappa shape index (κ3) is 3.56. The maximum Gasteiger partial charge on any atom is 0.147 e. The first kappa shape index (κ1) is 17.4. The van der Waals surface area contributed by atoms with Crippen LogP contribution in [0.15, 0.2) is 36.7 Å². The molecule has 1 saturated carbocycles. The molecule has 27 heavy (non-hydrogen) atoms. The molecule has 2 N–H and O–H groups in total. The summed E-state index contributed by atoms with van der Waals surface area (Å²) >= 11 is 7.78. The van der Waals surface area contributed by atoms with E-state index in [1.807, 2.05) is 12.1 Å². The van der Waals surface area contributed by atoms with Crippen LogP contribution in [0.3, 0.4) is 0 Å². The molecule has 0 amide bonds. The number of rotatable bonds is 3. The normalized spacial score (nSPS) is 25.3. The summed E-state index contributed by atoms with van der Waals surface area (Å²) in [7, 11) is 0. The van der Waals surface area contributed by atoms with E-state index in [2.05, 4.69) is 38.8 Å². The van der Waals surface area contributed by atoms with E-state index in [1.54, 1.807) is 17.7 Å². The molecule has 1 aliphatic heterocycles. The minimum absolute atomic E-state index is 0.517. The Bertz CT molecular complexity index is 939. The van der Waals surface area contributed by atoms with Crippen molar-refractivity contribution in [1.82, 2.24) is 15.3 Å². The number of nitrogens with one attached hydrogen (secondary N) is 2. The van der Waals surface area contributed by atoms with Crippen molar-refractivity contribution in [3.63, 3.8) is 0 Å². The highest BCUT2D eigenvalue weighted by Crippen LogP contribution is 2.38. The van der Waals surface area contributed by atoms with Gasteiger partial charge in [-0.15, -0.1) is 11.3 Å². The van der Waals surface area contributed by atoms with Crippen LogP contribution in [0, 0.1) is 11.8 Å². The Morgan fingerprint density at radius 3 is 2.85 bits per heavy atom. The monoisotopic (exact) mass is 398 g/mol. The standard InChI is InChI=1S/C21H23ClN4S/c22-16-4-1-13(2-5-16)19-10-18-20(27-19)21(25-12-24-18)26-17-6-3-15-11-23-8-7-14(15)9-17/h1-2,4-5,10,12,14-15,17,23H,3,6-9,11H2,(H,24,25,26). The zero-order chi connectivity index (χ0) is 18.2. The molecule has 1 aliphatic carbocycles. The number of anilines is 1. The van der Waals surface area contributed by atoms with Gasteiger partial charge in [-0.1, -0.05) is 23.7 Å². The van der Waals surface area contributed by atoms with Crippen LogP contribution < -0.4 is 10.6 Å². The molecular weight excluding hydrogens is 376 g/mol. The number of aromatic nitrogens is 2. The van der Waals surface area contributed by atoms with E-state index in [-0.39, 0.29) is 0 Å². The van der Waals surface area contributed by atoms with Crippen molar-refractivity contribution in [2.75, 3.05) is 18.4 Å².